The van der Waals surface area contributed by atoms with Gasteiger partial charge in [0.05, 0.1) is 18.3 Å². The van der Waals surface area contributed by atoms with Crippen molar-refractivity contribution in [3.63, 3.8) is 0 Å². The van der Waals surface area contributed by atoms with Crippen molar-refractivity contribution in [3.8, 4) is 11.5 Å². The number of fused-ring (bicyclic) bond motifs is 1. The van der Waals surface area contributed by atoms with Crippen LogP contribution in [0.4, 0.5) is 0 Å². The highest BCUT2D eigenvalue weighted by atomic mass is 16.7. The molecule has 0 unspecified atom stereocenters. The van der Waals surface area contributed by atoms with Crippen molar-refractivity contribution in [2.45, 2.75) is 25.6 Å². The Balaban J connectivity index is 1.40. The van der Waals surface area contributed by atoms with E-state index in [2.05, 4.69) is 10.6 Å². The largest absolute Gasteiger partial charge is 0.467 e. The van der Waals surface area contributed by atoms with Gasteiger partial charge in [-0.25, -0.2) is 0 Å². The molecule has 0 radical (unpaired) electrons. The maximum atomic E-state index is 12.6. The van der Waals surface area contributed by atoms with E-state index >= 15 is 0 Å². The molecule has 0 saturated carbocycles. The molecule has 0 spiro atoms. The summed E-state index contributed by atoms with van der Waals surface area (Å²) in [6, 6.07) is 18.7. The quantitative estimate of drug-likeness (QED) is 0.659. The van der Waals surface area contributed by atoms with Gasteiger partial charge in [0.15, 0.2) is 11.5 Å². The van der Waals surface area contributed by atoms with Gasteiger partial charge in [-0.1, -0.05) is 36.4 Å². The highest BCUT2D eigenvalue weighted by Crippen LogP contribution is 2.32. The molecule has 1 aliphatic rings. The molecule has 144 valence electrons. The van der Waals surface area contributed by atoms with Crippen molar-refractivity contribution in [3.05, 3.63) is 83.8 Å². The van der Waals surface area contributed by atoms with Crippen molar-refractivity contribution in [2.75, 3.05) is 6.79 Å². The van der Waals surface area contributed by atoms with E-state index in [4.69, 9.17) is 13.9 Å². The van der Waals surface area contributed by atoms with Gasteiger partial charge in [-0.05, 0) is 42.3 Å². The average molecular weight is 378 g/mol. The first-order valence-corrected chi connectivity index (χ1v) is 9.21. The molecule has 4 rings (SSSR count). The van der Waals surface area contributed by atoms with Crippen LogP contribution in [0.5, 0.6) is 11.5 Å². The van der Waals surface area contributed by atoms with Crippen molar-refractivity contribution < 1.29 is 18.7 Å². The van der Waals surface area contributed by atoms with Gasteiger partial charge in [0.1, 0.15) is 5.76 Å². The van der Waals surface area contributed by atoms with Crippen molar-refractivity contribution >= 4 is 5.91 Å². The second kappa shape index (κ2) is 8.19. The van der Waals surface area contributed by atoms with Crippen LogP contribution in [0, 0.1) is 0 Å². The zero-order valence-corrected chi connectivity index (χ0v) is 15.6. The first-order valence-electron chi connectivity index (χ1n) is 9.21. The van der Waals surface area contributed by atoms with Gasteiger partial charge < -0.3 is 19.2 Å². The minimum Gasteiger partial charge on any atom is -0.467 e. The highest BCUT2D eigenvalue weighted by molar-refractivity contribution is 5.81. The summed E-state index contributed by atoms with van der Waals surface area (Å²) in [7, 11) is 0. The Morgan fingerprint density at radius 2 is 1.86 bits per heavy atom. The molecule has 2 N–H and O–H groups in total. The van der Waals surface area contributed by atoms with E-state index in [1.54, 1.807) is 6.26 Å². The molecule has 0 bridgehead atoms. The van der Waals surface area contributed by atoms with Crippen LogP contribution < -0.4 is 20.1 Å². The molecule has 2 atom stereocenters. The molecule has 1 aromatic heterocycles. The summed E-state index contributed by atoms with van der Waals surface area (Å²) in [6.07, 6.45) is 1.64. The molecule has 28 heavy (non-hydrogen) atoms. The average Bonchev–Trinajstić information content (AvgIpc) is 3.42. The lowest BCUT2D eigenvalue weighted by atomic mass is 10.0. The van der Waals surface area contributed by atoms with Gasteiger partial charge >= 0.3 is 0 Å². The van der Waals surface area contributed by atoms with Gasteiger partial charge in [-0.15, -0.1) is 0 Å². The first kappa shape index (κ1) is 18.1. The standard InChI is InChI=1S/C22H22N2O4/c1-15(22(25)23-13-16-9-10-18-20(12-16)28-14-27-18)24-21(19-8-5-11-26-19)17-6-3-2-4-7-17/h2-12,15,21,24H,13-14H2,1H3,(H,23,25)/t15-,21-/m0/s1. The summed E-state index contributed by atoms with van der Waals surface area (Å²) in [5, 5.41) is 6.33. The number of carbonyl (C=O) groups excluding carboxylic acids is 1. The predicted octanol–water partition coefficient (Wildman–Crippen LogP) is 3.39. The molecular formula is C22H22N2O4. The molecule has 3 aromatic rings. The second-order valence-electron chi connectivity index (χ2n) is 6.65. The lowest BCUT2D eigenvalue weighted by molar-refractivity contribution is -0.123. The van der Waals surface area contributed by atoms with Gasteiger partial charge in [-0.2, -0.15) is 0 Å². The maximum absolute atomic E-state index is 12.6. The topological polar surface area (TPSA) is 72.7 Å². The van der Waals surface area contributed by atoms with Crippen molar-refractivity contribution in [1.82, 2.24) is 10.6 Å². The number of nitrogens with one attached hydrogen (secondary N) is 2. The number of carbonyl (C=O) groups is 1. The van der Waals surface area contributed by atoms with Crippen molar-refractivity contribution in [1.29, 1.82) is 0 Å². The lowest BCUT2D eigenvalue weighted by Gasteiger charge is -2.22. The zero-order valence-electron chi connectivity index (χ0n) is 15.6. The normalized spacial score (nSPS) is 14.5. The van der Waals surface area contributed by atoms with Crippen LogP contribution in [0.2, 0.25) is 0 Å². The number of hydrogen-bond acceptors (Lipinski definition) is 5. The Hall–Kier alpha value is -3.25. The van der Waals surface area contributed by atoms with E-state index in [-0.39, 0.29) is 18.7 Å². The summed E-state index contributed by atoms with van der Waals surface area (Å²) < 4.78 is 16.3. The van der Waals surface area contributed by atoms with Gasteiger partial charge in [0.2, 0.25) is 12.7 Å². The molecule has 2 aromatic carbocycles. The number of furan rings is 1. The van der Waals surface area contributed by atoms with Crippen LogP contribution in [-0.2, 0) is 11.3 Å². The molecule has 0 saturated heterocycles. The fraction of sp³-hybridized carbons (Fsp3) is 0.227. The molecule has 0 fully saturated rings. The predicted molar refractivity (Wildman–Crippen MR) is 104 cm³/mol. The molecule has 6 nitrogen and oxygen atoms in total. The number of amides is 1. The third-order valence-corrected chi connectivity index (χ3v) is 4.67. The third-order valence-electron chi connectivity index (χ3n) is 4.67. The van der Waals surface area contributed by atoms with E-state index in [1.807, 2.05) is 67.6 Å². The maximum Gasteiger partial charge on any atom is 0.237 e. The smallest absolute Gasteiger partial charge is 0.237 e. The number of hydrogen-bond donors (Lipinski definition) is 2. The lowest BCUT2D eigenvalue weighted by Crippen LogP contribution is -2.43. The van der Waals surface area contributed by atoms with Crippen LogP contribution in [0.1, 0.15) is 29.9 Å². The monoisotopic (exact) mass is 378 g/mol. The molecule has 1 aliphatic heterocycles. The second-order valence-corrected chi connectivity index (χ2v) is 6.65. The SMILES string of the molecule is C[C@H](N[C@@H](c1ccccc1)c1ccco1)C(=O)NCc1ccc2c(c1)OCO2. The van der Waals surface area contributed by atoms with Crippen molar-refractivity contribution in [2.24, 2.45) is 0 Å². The molecule has 2 heterocycles. The Kier molecular flexibility index (Phi) is 5.30. The number of benzene rings is 2. The first-order chi connectivity index (χ1) is 13.7. The summed E-state index contributed by atoms with van der Waals surface area (Å²) in [4.78, 5) is 12.6. The van der Waals surface area contributed by atoms with Crippen LogP contribution in [0.15, 0.2) is 71.3 Å². The molecule has 0 aliphatic carbocycles. The van der Waals surface area contributed by atoms with E-state index in [0.717, 1.165) is 22.6 Å². The highest BCUT2D eigenvalue weighted by Gasteiger charge is 2.22. The van der Waals surface area contributed by atoms with Gasteiger partial charge in [-0.3, -0.25) is 10.1 Å². The van der Waals surface area contributed by atoms with Crippen LogP contribution in [0.3, 0.4) is 0 Å². The van der Waals surface area contributed by atoms with E-state index in [9.17, 15) is 4.79 Å². The molecule has 1 amide bonds. The summed E-state index contributed by atoms with van der Waals surface area (Å²) in [6.45, 7) is 2.49. The Bertz CT molecular complexity index is 925. The number of ether oxygens (including phenoxy) is 2. The Morgan fingerprint density at radius 3 is 2.64 bits per heavy atom. The molecular weight excluding hydrogens is 356 g/mol. The summed E-state index contributed by atoms with van der Waals surface area (Å²) in [5.74, 6) is 2.11. The van der Waals surface area contributed by atoms with E-state index in [0.29, 0.717) is 12.3 Å². The van der Waals surface area contributed by atoms with Gasteiger partial charge in [0.25, 0.3) is 0 Å². The minimum absolute atomic E-state index is 0.0924. The third kappa shape index (κ3) is 4.02. The van der Waals surface area contributed by atoms with E-state index < -0.39 is 6.04 Å². The van der Waals surface area contributed by atoms with Gasteiger partial charge in [0, 0.05) is 6.54 Å². The zero-order chi connectivity index (χ0) is 19.3. The summed E-state index contributed by atoms with van der Waals surface area (Å²) >= 11 is 0. The Labute approximate surface area is 163 Å². The summed E-state index contributed by atoms with van der Waals surface area (Å²) in [5.41, 5.74) is 1.99. The van der Waals surface area contributed by atoms with Crippen LogP contribution >= 0.6 is 0 Å². The Morgan fingerprint density at radius 1 is 1.04 bits per heavy atom. The fourth-order valence-electron chi connectivity index (χ4n) is 3.16. The van der Waals surface area contributed by atoms with Crippen LogP contribution in [-0.4, -0.2) is 18.7 Å². The number of rotatable bonds is 7. The molecule has 6 heteroatoms. The van der Waals surface area contributed by atoms with E-state index in [1.165, 1.54) is 0 Å². The fourth-order valence-corrected chi connectivity index (χ4v) is 3.16. The van der Waals surface area contributed by atoms with Crippen LogP contribution in [0.25, 0.3) is 0 Å². The minimum atomic E-state index is -0.413.